The van der Waals surface area contributed by atoms with Crippen molar-refractivity contribution in [3.8, 4) is 5.75 Å². The van der Waals surface area contributed by atoms with E-state index in [4.69, 9.17) is 4.74 Å². The number of ether oxygens (including phenoxy) is 1. The molecule has 0 bridgehead atoms. The predicted octanol–water partition coefficient (Wildman–Crippen LogP) is 1.95. The topological polar surface area (TPSA) is 71.1 Å². The molecule has 0 unspecified atom stereocenters. The van der Waals surface area contributed by atoms with Crippen molar-refractivity contribution in [2.75, 3.05) is 19.4 Å². The van der Waals surface area contributed by atoms with Crippen molar-refractivity contribution in [1.29, 1.82) is 0 Å². The van der Waals surface area contributed by atoms with Gasteiger partial charge in [0.25, 0.3) is 0 Å². The molecule has 0 aliphatic heterocycles. The molecule has 1 N–H and O–H groups in total. The van der Waals surface area contributed by atoms with Crippen molar-refractivity contribution in [3.05, 3.63) is 36.2 Å². The molecule has 112 valence electrons. The van der Waals surface area contributed by atoms with Gasteiger partial charge in [0, 0.05) is 13.6 Å². The maximum atomic E-state index is 12.0. The summed E-state index contributed by atoms with van der Waals surface area (Å²) in [5.74, 6) is 1.23. The van der Waals surface area contributed by atoms with Crippen LogP contribution in [0.2, 0.25) is 0 Å². The molecule has 21 heavy (non-hydrogen) atoms. The Morgan fingerprint density at radius 1 is 1.38 bits per heavy atom. The SMILES string of the molecule is CCOc1ccc(CN(C)C(=O)CSc2ncn[nH]2)cc1. The quantitative estimate of drug-likeness (QED) is 0.792. The van der Waals surface area contributed by atoms with Gasteiger partial charge in [0.1, 0.15) is 12.1 Å². The van der Waals surface area contributed by atoms with Gasteiger partial charge in [-0.05, 0) is 24.6 Å². The van der Waals surface area contributed by atoms with E-state index in [-0.39, 0.29) is 5.91 Å². The zero-order chi connectivity index (χ0) is 15.1. The van der Waals surface area contributed by atoms with E-state index in [1.807, 2.05) is 31.2 Å². The zero-order valence-corrected chi connectivity index (χ0v) is 12.9. The number of hydrogen-bond donors (Lipinski definition) is 1. The number of rotatable bonds is 7. The summed E-state index contributed by atoms with van der Waals surface area (Å²) in [6.07, 6.45) is 1.43. The monoisotopic (exact) mass is 306 g/mol. The lowest BCUT2D eigenvalue weighted by Crippen LogP contribution is -2.27. The summed E-state index contributed by atoms with van der Waals surface area (Å²) >= 11 is 1.34. The Hall–Kier alpha value is -2.02. The zero-order valence-electron chi connectivity index (χ0n) is 12.1. The van der Waals surface area contributed by atoms with Crippen LogP contribution in [0.3, 0.4) is 0 Å². The molecule has 1 heterocycles. The van der Waals surface area contributed by atoms with Crippen molar-refractivity contribution < 1.29 is 9.53 Å². The van der Waals surface area contributed by atoms with Gasteiger partial charge >= 0.3 is 0 Å². The number of H-pyrrole nitrogens is 1. The molecule has 1 aromatic carbocycles. The Balaban J connectivity index is 1.82. The minimum absolute atomic E-state index is 0.0466. The molecule has 2 aromatic rings. The van der Waals surface area contributed by atoms with Crippen LogP contribution in [0.15, 0.2) is 35.7 Å². The number of nitrogens with zero attached hydrogens (tertiary/aromatic N) is 3. The van der Waals surface area contributed by atoms with Crippen LogP contribution in [0.1, 0.15) is 12.5 Å². The molecule has 0 aliphatic rings. The fourth-order valence-corrected chi connectivity index (χ4v) is 2.44. The number of nitrogens with one attached hydrogen (secondary N) is 1. The van der Waals surface area contributed by atoms with E-state index >= 15 is 0 Å². The first-order valence-corrected chi connectivity index (χ1v) is 7.61. The first-order valence-electron chi connectivity index (χ1n) is 6.63. The lowest BCUT2D eigenvalue weighted by atomic mass is 10.2. The summed E-state index contributed by atoms with van der Waals surface area (Å²) in [4.78, 5) is 17.7. The van der Waals surface area contributed by atoms with Crippen molar-refractivity contribution in [3.63, 3.8) is 0 Å². The summed E-state index contributed by atoms with van der Waals surface area (Å²) in [5.41, 5.74) is 1.07. The number of aromatic amines is 1. The summed E-state index contributed by atoms with van der Waals surface area (Å²) in [5, 5.41) is 7.11. The van der Waals surface area contributed by atoms with Gasteiger partial charge in [-0.3, -0.25) is 9.89 Å². The lowest BCUT2D eigenvalue weighted by molar-refractivity contribution is -0.127. The van der Waals surface area contributed by atoms with Gasteiger partial charge in [-0.15, -0.1) is 0 Å². The number of hydrogen-bond acceptors (Lipinski definition) is 5. The molecular weight excluding hydrogens is 288 g/mol. The van der Waals surface area contributed by atoms with Crippen LogP contribution in [-0.2, 0) is 11.3 Å². The van der Waals surface area contributed by atoms with Crippen molar-refractivity contribution in [2.45, 2.75) is 18.6 Å². The van der Waals surface area contributed by atoms with Crippen LogP contribution >= 0.6 is 11.8 Å². The number of aromatic nitrogens is 3. The van der Waals surface area contributed by atoms with Gasteiger partial charge in [-0.25, -0.2) is 4.98 Å². The Morgan fingerprint density at radius 2 is 2.14 bits per heavy atom. The summed E-state index contributed by atoms with van der Waals surface area (Å²) in [7, 11) is 1.79. The molecule has 0 fully saturated rings. The van der Waals surface area contributed by atoms with Gasteiger partial charge in [0.05, 0.1) is 12.4 Å². The van der Waals surface area contributed by atoms with Crippen LogP contribution in [0.4, 0.5) is 0 Å². The van der Waals surface area contributed by atoms with Gasteiger partial charge in [-0.2, -0.15) is 5.10 Å². The van der Waals surface area contributed by atoms with Gasteiger partial charge in [0.2, 0.25) is 5.91 Å². The Labute approximate surface area is 127 Å². The highest BCUT2D eigenvalue weighted by molar-refractivity contribution is 7.99. The van der Waals surface area contributed by atoms with Crippen molar-refractivity contribution in [2.24, 2.45) is 0 Å². The highest BCUT2D eigenvalue weighted by atomic mass is 32.2. The minimum Gasteiger partial charge on any atom is -0.494 e. The molecule has 7 heteroatoms. The van der Waals surface area contributed by atoms with Crippen LogP contribution in [0.5, 0.6) is 5.75 Å². The summed E-state index contributed by atoms with van der Waals surface area (Å²) < 4.78 is 5.39. The van der Waals surface area contributed by atoms with Crippen LogP contribution in [0.25, 0.3) is 0 Å². The van der Waals surface area contributed by atoms with Gasteiger partial charge in [-0.1, -0.05) is 23.9 Å². The third kappa shape index (κ3) is 4.78. The molecule has 0 atom stereocenters. The van der Waals surface area contributed by atoms with E-state index in [0.29, 0.717) is 24.1 Å². The maximum Gasteiger partial charge on any atom is 0.233 e. The highest BCUT2D eigenvalue weighted by Crippen LogP contribution is 2.15. The molecule has 0 radical (unpaired) electrons. The van der Waals surface area contributed by atoms with E-state index < -0.39 is 0 Å². The fraction of sp³-hybridized carbons (Fsp3) is 0.357. The minimum atomic E-state index is 0.0466. The summed E-state index contributed by atoms with van der Waals surface area (Å²) in [6, 6.07) is 7.78. The summed E-state index contributed by atoms with van der Waals surface area (Å²) in [6.45, 7) is 3.17. The molecule has 1 amide bonds. The Bertz CT molecular complexity index is 557. The molecule has 0 spiro atoms. The lowest BCUT2D eigenvalue weighted by Gasteiger charge is -2.17. The van der Waals surface area contributed by atoms with Crippen LogP contribution in [0, 0.1) is 0 Å². The molecule has 6 nitrogen and oxygen atoms in total. The van der Waals surface area contributed by atoms with E-state index in [2.05, 4.69) is 15.2 Å². The molecule has 2 rings (SSSR count). The first kappa shape index (κ1) is 15.4. The van der Waals surface area contributed by atoms with Crippen LogP contribution in [-0.4, -0.2) is 45.4 Å². The third-order valence-electron chi connectivity index (χ3n) is 2.81. The van der Waals surface area contributed by atoms with Crippen molar-refractivity contribution >= 4 is 17.7 Å². The van der Waals surface area contributed by atoms with Crippen LogP contribution < -0.4 is 4.74 Å². The molecule has 0 saturated heterocycles. The third-order valence-corrected chi connectivity index (χ3v) is 3.67. The number of benzene rings is 1. The number of thioether (sulfide) groups is 1. The molecular formula is C14H18N4O2S. The number of carbonyl (C=O) groups excluding carboxylic acids is 1. The van der Waals surface area contributed by atoms with Gasteiger partial charge < -0.3 is 9.64 Å². The Morgan fingerprint density at radius 3 is 2.76 bits per heavy atom. The molecule has 0 aliphatic carbocycles. The van der Waals surface area contributed by atoms with E-state index in [1.54, 1.807) is 11.9 Å². The average molecular weight is 306 g/mol. The maximum absolute atomic E-state index is 12.0. The standard InChI is InChI=1S/C14H18N4O2S/c1-3-20-12-6-4-11(5-7-12)8-18(2)13(19)9-21-14-15-10-16-17-14/h4-7,10H,3,8-9H2,1-2H3,(H,15,16,17). The largest absolute Gasteiger partial charge is 0.494 e. The number of amides is 1. The second kappa shape index (κ2) is 7.68. The van der Waals surface area contributed by atoms with E-state index in [9.17, 15) is 4.79 Å². The van der Waals surface area contributed by atoms with E-state index in [0.717, 1.165) is 11.3 Å². The predicted molar refractivity (Wildman–Crippen MR) is 81.2 cm³/mol. The van der Waals surface area contributed by atoms with Gasteiger partial charge in [0.15, 0.2) is 5.16 Å². The van der Waals surface area contributed by atoms with Crippen molar-refractivity contribution in [1.82, 2.24) is 20.1 Å². The second-order valence-electron chi connectivity index (χ2n) is 4.41. The molecule has 1 aromatic heterocycles. The first-order chi connectivity index (χ1) is 10.2. The number of carbonyl (C=O) groups is 1. The Kier molecular flexibility index (Phi) is 5.62. The second-order valence-corrected chi connectivity index (χ2v) is 5.37. The average Bonchev–Trinajstić information content (AvgIpc) is 3.00. The van der Waals surface area contributed by atoms with E-state index in [1.165, 1.54) is 18.1 Å². The smallest absolute Gasteiger partial charge is 0.233 e. The molecule has 0 saturated carbocycles. The highest BCUT2D eigenvalue weighted by Gasteiger charge is 2.11. The normalized spacial score (nSPS) is 10.4. The fourth-order valence-electron chi connectivity index (χ4n) is 1.72.